The first-order valence-electron chi connectivity index (χ1n) is 7.62. The number of halogens is 1. The molecule has 0 radical (unpaired) electrons. The lowest BCUT2D eigenvalue weighted by molar-refractivity contribution is -0.122. The van der Waals surface area contributed by atoms with Crippen molar-refractivity contribution >= 4 is 47.4 Å². The van der Waals surface area contributed by atoms with E-state index in [9.17, 15) is 9.59 Å². The average molecular weight is 356 g/mol. The van der Waals surface area contributed by atoms with Gasteiger partial charge in [-0.25, -0.2) is 0 Å². The Balaban J connectivity index is 0.00000192. The number of hydrogen-bond donors (Lipinski definition) is 3. The number of rotatable bonds is 2. The average Bonchev–Trinajstić information content (AvgIpc) is 2.46. The number of carbonyl (C=O) groups is 2. The van der Waals surface area contributed by atoms with Gasteiger partial charge in [0.25, 0.3) is 0 Å². The molecule has 0 spiro atoms. The molecule has 7 heteroatoms. The van der Waals surface area contributed by atoms with Crippen molar-refractivity contribution in [3.63, 3.8) is 0 Å². The van der Waals surface area contributed by atoms with Gasteiger partial charge in [-0.1, -0.05) is 12.8 Å². The minimum atomic E-state index is -0.444. The van der Waals surface area contributed by atoms with E-state index in [-0.39, 0.29) is 30.1 Å². The number of anilines is 2. The van der Waals surface area contributed by atoms with Crippen LogP contribution in [0.1, 0.15) is 32.6 Å². The summed E-state index contributed by atoms with van der Waals surface area (Å²) in [5.74, 6) is 0.232. The molecule has 2 aliphatic rings. The first kappa shape index (κ1) is 18.1. The first-order chi connectivity index (χ1) is 10.5. The molecule has 1 aromatic rings. The third-order valence-electron chi connectivity index (χ3n) is 4.45. The topological polar surface area (TPSA) is 84.2 Å². The lowest BCUT2D eigenvalue weighted by atomic mass is 9.74. The van der Waals surface area contributed by atoms with E-state index in [1.165, 1.54) is 11.8 Å². The van der Waals surface area contributed by atoms with Crippen LogP contribution in [0.5, 0.6) is 0 Å². The maximum Gasteiger partial charge on any atom is 0.234 e. The summed E-state index contributed by atoms with van der Waals surface area (Å²) in [6.45, 7) is 1.96. The highest BCUT2D eigenvalue weighted by Gasteiger charge is 2.37. The second-order valence-electron chi connectivity index (χ2n) is 6.34. The van der Waals surface area contributed by atoms with Crippen LogP contribution < -0.4 is 16.4 Å². The van der Waals surface area contributed by atoms with Gasteiger partial charge in [0, 0.05) is 16.1 Å². The summed E-state index contributed by atoms with van der Waals surface area (Å²) in [6.07, 6.45) is 3.83. The van der Waals surface area contributed by atoms with Crippen LogP contribution in [0.15, 0.2) is 23.1 Å². The molecule has 126 valence electrons. The van der Waals surface area contributed by atoms with E-state index in [2.05, 4.69) is 10.6 Å². The van der Waals surface area contributed by atoms with Crippen LogP contribution in [0.3, 0.4) is 0 Å². The van der Waals surface area contributed by atoms with Crippen LogP contribution in [-0.4, -0.2) is 23.1 Å². The molecule has 23 heavy (non-hydrogen) atoms. The molecule has 1 aliphatic carbocycles. The predicted molar refractivity (Wildman–Crippen MR) is 96.2 cm³/mol. The first-order valence-corrected chi connectivity index (χ1v) is 8.61. The maximum atomic E-state index is 12.5. The fraction of sp³-hybridized carbons (Fsp3) is 0.500. The smallest absolute Gasteiger partial charge is 0.234 e. The van der Waals surface area contributed by atoms with Gasteiger partial charge in [-0.2, -0.15) is 0 Å². The van der Waals surface area contributed by atoms with Gasteiger partial charge in [-0.05, 0) is 38.0 Å². The van der Waals surface area contributed by atoms with Gasteiger partial charge >= 0.3 is 0 Å². The molecule has 0 saturated heterocycles. The molecule has 1 heterocycles. The Bertz CT molecular complexity index is 621. The standard InChI is InChI=1S/C16H21N3O2S.ClH/c1-16(17)7-3-2-4-11(16)15(21)18-10-5-6-13-12(8-10)19-14(20)9-22-13;/h5-6,8,11H,2-4,7,9,17H2,1H3,(H,18,21)(H,19,20);1H. The number of fused-ring (bicyclic) bond motifs is 1. The largest absolute Gasteiger partial charge is 0.326 e. The molecular weight excluding hydrogens is 334 g/mol. The molecule has 1 fully saturated rings. The zero-order chi connectivity index (χ0) is 15.7. The molecule has 0 bridgehead atoms. The number of benzene rings is 1. The summed E-state index contributed by atoms with van der Waals surface area (Å²) < 4.78 is 0. The summed E-state index contributed by atoms with van der Waals surface area (Å²) in [7, 11) is 0. The van der Waals surface area contributed by atoms with E-state index in [1.54, 1.807) is 0 Å². The molecule has 2 amide bonds. The van der Waals surface area contributed by atoms with Crippen molar-refractivity contribution in [3.05, 3.63) is 18.2 Å². The maximum absolute atomic E-state index is 12.5. The number of carbonyl (C=O) groups excluding carboxylic acids is 2. The molecule has 2 atom stereocenters. The number of thioether (sulfide) groups is 1. The van der Waals surface area contributed by atoms with Crippen LogP contribution in [-0.2, 0) is 9.59 Å². The van der Waals surface area contributed by atoms with Crippen molar-refractivity contribution in [2.45, 2.75) is 43.0 Å². The Morgan fingerprint density at radius 3 is 2.96 bits per heavy atom. The van der Waals surface area contributed by atoms with Gasteiger partial charge in [0.15, 0.2) is 0 Å². The Morgan fingerprint density at radius 1 is 1.43 bits per heavy atom. The number of hydrogen-bond acceptors (Lipinski definition) is 4. The van der Waals surface area contributed by atoms with Crippen molar-refractivity contribution in [1.82, 2.24) is 0 Å². The monoisotopic (exact) mass is 355 g/mol. The third-order valence-corrected chi connectivity index (χ3v) is 5.52. The zero-order valence-electron chi connectivity index (χ0n) is 13.1. The van der Waals surface area contributed by atoms with Crippen molar-refractivity contribution in [2.24, 2.45) is 11.7 Å². The molecule has 5 nitrogen and oxygen atoms in total. The predicted octanol–water partition coefficient (Wildman–Crippen LogP) is 3.00. The number of nitrogens with two attached hydrogens (primary N) is 1. The van der Waals surface area contributed by atoms with E-state index in [1.807, 2.05) is 25.1 Å². The van der Waals surface area contributed by atoms with E-state index in [0.29, 0.717) is 11.4 Å². The van der Waals surface area contributed by atoms with Gasteiger partial charge in [0.1, 0.15) is 0 Å². The minimum absolute atomic E-state index is 0. The lowest BCUT2D eigenvalue weighted by Crippen LogP contribution is -2.51. The van der Waals surface area contributed by atoms with Gasteiger partial charge in [-0.15, -0.1) is 24.2 Å². The number of nitrogens with one attached hydrogen (secondary N) is 2. The normalized spacial score (nSPS) is 26.5. The summed E-state index contributed by atoms with van der Waals surface area (Å²) in [5, 5.41) is 5.79. The molecule has 1 aliphatic heterocycles. The SMILES string of the molecule is CC1(N)CCCCC1C(=O)Nc1ccc2c(c1)NC(=O)CS2.Cl. The minimum Gasteiger partial charge on any atom is -0.326 e. The van der Waals surface area contributed by atoms with Gasteiger partial charge in [-0.3, -0.25) is 9.59 Å². The van der Waals surface area contributed by atoms with E-state index in [0.717, 1.165) is 36.3 Å². The van der Waals surface area contributed by atoms with Crippen molar-refractivity contribution in [3.8, 4) is 0 Å². The second kappa shape index (κ2) is 7.11. The Labute approximate surface area is 146 Å². The molecule has 1 saturated carbocycles. The van der Waals surface area contributed by atoms with Crippen molar-refractivity contribution < 1.29 is 9.59 Å². The summed E-state index contributed by atoms with van der Waals surface area (Å²) in [5.41, 5.74) is 7.30. The van der Waals surface area contributed by atoms with Crippen LogP contribution in [0.4, 0.5) is 11.4 Å². The molecule has 1 aromatic carbocycles. The van der Waals surface area contributed by atoms with E-state index in [4.69, 9.17) is 5.73 Å². The van der Waals surface area contributed by atoms with Gasteiger partial charge in [0.05, 0.1) is 17.4 Å². The zero-order valence-corrected chi connectivity index (χ0v) is 14.7. The molecular formula is C16H22ClN3O2S. The van der Waals surface area contributed by atoms with E-state index >= 15 is 0 Å². The summed E-state index contributed by atoms with van der Waals surface area (Å²) in [6, 6.07) is 5.61. The summed E-state index contributed by atoms with van der Waals surface area (Å²) >= 11 is 1.51. The fourth-order valence-electron chi connectivity index (χ4n) is 3.18. The molecule has 0 aromatic heterocycles. The quantitative estimate of drug-likeness (QED) is 0.761. The van der Waals surface area contributed by atoms with Crippen LogP contribution in [0.2, 0.25) is 0 Å². The lowest BCUT2D eigenvalue weighted by Gasteiger charge is -2.37. The van der Waals surface area contributed by atoms with Crippen LogP contribution in [0.25, 0.3) is 0 Å². The Morgan fingerprint density at radius 2 is 2.22 bits per heavy atom. The van der Waals surface area contributed by atoms with Crippen LogP contribution in [0, 0.1) is 5.92 Å². The fourth-order valence-corrected chi connectivity index (χ4v) is 3.97. The highest BCUT2D eigenvalue weighted by Crippen LogP contribution is 2.35. The number of amides is 2. The van der Waals surface area contributed by atoms with Crippen molar-refractivity contribution in [2.75, 3.05) is 16.4 Å². The highest BCUT2D eigenvalue weighted by atomic mass is 35.5. The Kier molecular flexibility index (Phi) is 5.60. The van der Waals surface area contributed by atoms with Crippen molar-refractivity contribution in [1.29, 1.82) is 0 Å². The van der Waals surface area contributed by atoms with Gasteiger partial charge in [0.2, 0.25) is 11.8 Å². The summed E-state index contributed by atoms with van der Waals surface area (Å²) in [4.78, 5) is 25.0. The highest BCUT2D eigenvalue weighted by molar-refractivity contribution is 8.00. The van der Waals surface area contributed by atoms with Gasteiger partial charge < -0.3 is 16.4 Å². The second-order valence-corrected chi connectivity index (χ2v) is 7.36. The molecule has 4 N–H and O–H groups in total. The third kappa shape index (κ3) is 4.00. The van der Waals surface area contributed by atoms with E-state index < -0.39 is 5.54 Å². The molecule has 3 rings (SSSR count). The van der Waals surface area contributed by atoms with Crippen LogP contribution >= 0.6 is 24.2 Å². The molecule has 2 unspecified atom stereocenters. The Hall–Kier alpha value is -1.24.